The van der Waals surface area contributed by atoms with Gasteiger partial charge in [-0.3, -0.25) is 14.7 Å². The van der Waals surface area contributed by atoms with E-state index in [1.165, 1.54) is 0 Å². The van der Waals surface area contributed by atoms with E-state index in [0.717, 1.165) is 25.2 Å². The molecule has 1 amide bonds. The third-order valence-corrected chi connectivity index (χ3v) is 6.43. The molecule has 1 spiro atoms. The number of aromatic hydroxyl groups is 1. The van der Waals surface area contributed by atoms with Crippen molar-refractivity contribution in [2.75, 3.05) is 19.7 Å². The Morgan fingerprint density at radius 1 is 1.23 bits per heavy atom. The van der Waals surface area contributed by atoms with Gasteiger partial charge in [-0.05, 0) is 56.0 Å². The van der Waals surface area contributed by atoms with Crippen LogP contribution in [0.3, 0.4) is 0 Å². The molecule has 1 aromatic carbocycles. The van der Waals surface area contributed by atoms with Gasteiger partial charge in [0.15, 0.2) is 0 Å². The number of hydrogen-bond donors (Lipinski definition) is 3. The summed E-state index contributed by atoms with van der Waals surface area (Å²) in [6, 6.07) is 12.5. The molecule has 30 heavy (non-hydrogen) atoms. The third-order valence-electron chi connectivity index (χ3n) is 6.43. The molecule has 1 aromatic heterocycles. The number of likely N-dealkylation sites (tertiary alicyclic amines) is 1. The number of pyridine rings is 1. The summed E-state index contributed by atoms with van der Waals surface area (Å²) in [5.41, 5.74) is -0.0455. The maximum atomic E-state index is 12.7. The predicted molar refractivity (Wildman–Crippen MR) is 112 cm³/mol. The first kappa shape index (κ1) is 20.8. The highest BCUT2D eigenvalue weighted by Crippen LogP contribution is 2.40. The normalized spacial score (nSPS) is 26.4. The number of nitrogens with one attached hydrogen (secondary N) is 1. The van der Waals surface area contributed by atoms with Crippen molar-refractivity contribution in [3.63, 3.8) is 0 Å². The number of aliphatic hydroxyl groups is 1. The summed E-state index contributed by atoms with van der Waals surface area (Å²) in [5.74, 6) is -0.0121. The molecule has 2 aliphatic rings. The van der Waals surface area contributed by atoms with Crippen LogP contribution in [-0.2, 0) is 11.3 Å². The Kier molecular flexibility index (Phi) is 5.77. The zero-order chi connectivity index (χ0) is 21.2. The summed E-state index contributed by atoms with van der Waals surface area (Å²) in [6.07, 6.45) is 2.68. The largest absolute Gasteiger partial charge is 0.508 e. The molecular weight excluding hydrogens is 382 g/mol. The minimum Gasteiger partial charge on any atom is -0.508 e. The zero-order valence-electron chi connectivity index (χ0n) is 17.3. The fourth-order valence-electron chi connectivity index (χ4n) is 4.63. The van der Waals surface area contributed by atoms with E-state index in [9.17, 15) is 15.0 Å². The van der Waals surface area contributed by atoms with E-state index in [-0.39, 0.29) is 11.7 Å². The monoisotopic (exact) mass is 411 g/mol. The van der Waals surface area contributed by atoms with Crippen molar-refractivity contribution in [3.05, 3.63) is 59.9 Å². The summed E-state index contributed by atoms with van der Waals surface area (Å²) >= 11 is 0. The molecule has 0 bridgehead atoms. The van der Waals surface area contributed by atoms with Gasteiger partial charge in [-0.15, -0.1) is 0 Å². The Bertz CT molecular complexity index is 883. The van der Waals surface area contributed by atoms with E-state index < -0.39 is 17.2 Å². The molecule has 0 unspecified atom stereocenters. The Hall–Kier alpha value is -2.48. The molecule has 2 aliphatic heterocycles. The van der Waals surface area contributed by atoms with E-state index in [2.05, 4.69) is 15.2 Å². The number of ether oxygens (including phenoxy) is 1. The molecule has 2 atom stereocenters. The number of carbonyl (C=O) groups excluding carboxylic acids is 1. The number of carbonyl (C=O) groups is 1. The number of aromatic nitrogens is 1. The number of hydrogen-bond acceptors (Lipinski definition) is 6. The van der Waals surface area contributed by atoms with Gasteiger partial charge >= 0.3 is 0 Å². The van der Waals surface area contributed by atoms with Crippen LogP contribution in [0.5, 0.6) is 5.75 Å². The van der Waals surface area contributed by atoms with Crippen LogP contribution >= 0.6 is 0 Å². The first-order valence-corrected chi connectivity index (χ1v) is 10.5. The Balaban J connectivity index is 1.41. The summed E-state index contributed by atoms with van der Waals surface area (Å²) in [4.78, 5) is 19.1. The van der Waals surface area contributed by atoms with Crippen LogP contribution in [0.15, 0.2) is 48.7 Å². The van der Waals surface area contributed by atoms with Gasteiger partial charge in [0.25, 0.3) is 5.91 Å². The number of aliphatic hydroxyl groups excluding tert-OH is 1. The van der Waals surface area contributed by atoms with Gasteiger partial charge in [0, 0.05) is 32.4 Å². The van der Waals surface area contributed by atoms with Crippen LogP contribution in [0.1, 0.15) is 42.2 Å². The minimum atomic E-state index is -0.811. The molecular formula is C23H29N3O4. The van der Waals surface area contributed by atoms with Gasteiger partial charge in [0.1, 0.15) is 17.5 Å². The summed E-state index contributed by atoms with van der Waals surface area (Å²) in [7, 11) is 0. The highest BCUT2D eigenvalue weighted by molar-refractivity contribution is 5.92. The lowest BCUT2D eigenvalue weighted by Crippen LogP contribution is -2.69. The van der Waals surface area contributed by atoms with Gasteiger partial charge in [0.05, 0.1) is 11.1 Å². The first-order chi connectivity index (χ1) is 14.4. The molecule has 3 heterocycles. The van der Waals surface area contributed by atoms with Crippen LogP contribution in [0.2, 0.25) is 0 Å². The highest BCUT2D eigenvalue weighted by Gasteiger charge is 2.53. The Morgan fingerprint density at radius 3 is 2.73 bits per heavy atom. The highest BCUT2D eigenvalue weighted by atomic mass is 16.5. The first-order valence-electron chi connectivity index (χ1n) is 10.5. The van der Waals surface area contributed by atoms with Crippen molar-refractivity contribution in [2.45, 2.75) is 50.0 Å². The standard InChI is InChI=1S/C23H29N3O4/c1-22(25-20(28)19-7-2-3-11-24-19)10-14-30-23(21(22)29)8-12-26(13-9-23)16-17-5-4-6-18(27)15-17/h2-7,11,15,21,27,29H,8-10,12-14,16H2,1H3,(H,25,28)/t21-,22+/m0/s1. The fourth-order valence-corrected chi connectivity index (χ4v) is 4.63. The number of rotatable bonds is 4. The van der Waals surface area contributed by atoms with Crippen molar-refractivity contribution >= 4 is 5.91 Å². The predicted octanol–water partition coefficient (Wildman–Crippen LogP) is 2.09. The maximum Gasteiger partial charge on any atom is 0.270 e. The van der Waals surface area contributed by atoms with Crippen LogP contribution in [0, 0.1) is 0 Å². The van der Waals surface area contributed by atoms with Crippen molar-refractivity contribution in [2.24, 2.45) is 0 Å². The third kappa shape index (κ3) is 4.19. The van der Waals surface area contributed by atoms with Crippen molar-refractivity contribution in [3.8, 4) is 5.75 Å². The number of benzene rings is 1. The number of nitrogens with zero attached hydrogens (tertiary/aromatic N) is 2. The number of piperidine rings is 1. The molecule has 160 valence electrons. The lowest BCUT2D eigenvalue weighted by molar-refractivity contribution is -0.205. The average molecular weight is 412 g/mol. The molecule has 3 N–H and O–H groups in total. The Morgan fingerprint density at radius 2 is 2.03 bits per heavy atom. The van der Waals surface area contributed by atoms with Crippen molar-refractivity contribution in [1.82, 2.24) is 15.2 Å². The van der Waals surface area contributed by atoms with Gasteiger partial charge in [0.2, 0.25) is 0 Å². The maximum absolute atomic E-state index is 12.7. The second kappa shape index (κ2) is 8.34. The number of amides is 1. The van der Waals surface area contributed by atoms with Crippen molar-refractivity contribution in [1.29, 1.82) is 0 Å². The van der Waals surface area contributed by atoms with Crippen LogP contribution < -0.4 is 5.32 Å². The van der Waals surface area contributed by atoms with Crippen molar-refractivity contribution < 1.29 is 19.7 Å². The smallest absolute Gasteiger partial charge is 0.270 e. The SMILES string of the molecule is C[C@@]1(NC(=O)c2ccccn2)CCOC2(CCN(Cc3cccc(O)c3)CC2)[C@H]1O. The van der Waals surface area contributed by atoms with Gasteiger partial charge < -0.3 is 20.3 Å². The number of phenols is 1. The molecule has 2 saturated heterocycles. The molecule has 0 saturated carbocycles. The average Bonchev–Trinajstić information content (AvgIpc) is 2.74. The lowest BCUT2D eigenvalue weighted by Gasteiger charge is -2.53. The van der Waals surface area contributed by atoms with E-state index in [1.807, 2.05) is 19.1 Å². The Labute approximate surface area is 176 Å². The molecule has 2 aromatic rings. The van der Waals surface area contributed by atoms with E-state index >= 15 is 0 Å². The molecule has 4 rings (SSSR count). The second-order valence-electron chi connectivity index (χ2n) is 8.60. The minimum absolute atomic E-state index is 0.270. The molecule has 2 fully saturated rings. The zero-order valence-corrected chi connectivity index (χ0v) is 17.3. The fraction of sp³-hybridized carbons (Fsp3) is 0.478. The second-order valence-corrected chi connectivity index (χ2v) is 8.60. The van der Waals surface area contributed by atoms with Crippen LogP contribution in [-0.4, -0.2) is 62.9 Å². The topological polar surface area (TPSA) is 94.9 Å². The quantitative estimate of drug-likeness (QED) is 0.713. The van der Waals surface area contributed by atoms with E-state index in [1.54, 1.807) is 36.5 Å². The molecule has 7 heteroatoms. The lowest BCUT2D eigenvalue weighted by atomic mass is 9.73. The summed E-state index contributed by atoms with van der Waals surface area (Å²) in [5, 5.41) is 24.0. The van der Waals surface area contributed by atoms with Gasteiger partial charge in [-0.25, -0.2) is 0 Å². The van der Waals surface area contributed by atoms with Crippen LogP contribution in [0.25, 0.3) is 0 Å². The van der Waals surface area contributed by atoms with Crippen LogP contribution in [0.4, 0.5) is 0 Å². The molecule has 7 nitrogen and oxygen atoms in total. The summed E-state index contributed by atoms with van der Waals surface area (Å²) in [6.45, 7) is 4.67. The van der Waals surface area contributed by atoms with E-state index in [0.29, 0.717) is 31.6 Å². The summed E-state index contributed by atoms with van der Waals surface area (Å²) < 4.78 is 6.14. The van der Waals surface area contributed by atoms with E-state index in [4.69, 9.17) is 4.74 Å². The molecule has 0 aliphatic carbocycles. The molecule has 0 radical (unpaired) electrons. The number of phenolic OH excluding ortho intramolecular Hbond substituents is 1. The van der Waals surface area contributed by atoms with Gasteiger partial charge in [-0.1, -0.05) is 18.2 Å². The van der Waals surface area contributed by atoms with Gasteiger partial charge in [-0.2, -0.15) is 0 Å².